The summed E-state index contributed by atoms with van der Waals surface area (Å²) >= 11 is 0. The van der Waals surface area contributed by atoms with Crippen LogP contribution in [-0.2, 0) is 23.8 Å². The summed E-state index contributed by atoms with van der Waals surface area (Å²) in [6.45, 7) is 2.46. The SMILES string of the molecule is CCCCCCCCCC/C=C\CCCCCCCCCCCC(=O)OCC(O)COC(OCC[N+](C)(C)C)C(=O)[O-]. The van der Waals surface area contributed by atoms with Crippen molar-refractivity contribution in [1.29, 1.82) is 0 Å². The van der Waals surface area contributed by atoms with Crippen molar-refractivity contribution in [2.75, 3.05) is 47.5 Å². The Kier molecular flexibility index (Phi) is 27.3. The molecule has 8 heteroatoms. The molecule has 0 heterocycles. The van der Waals surface area contributed by atoms with Crippen molar-refractivity contribution in [3.05, 3.63) is 12.2 Å². The van der Waals surface area contributed by atoms with Gasteiger partial charge in [-0.05, 0) is 32.1 Å². The van der Waals surface area contributed by atoms with E-state index in [1.165, 1.54) is 103 Å². The van der Waals surface area contributed by atoms with Gasteiger partial charge >= 0.3 is 5.97 Å². The van der Waals surface area contributed by atoms with Crippen molar-refractivity contribution in [3.63, 3.8) is 0 Å². The summed E-state index contributed by atoms with van der Waals surface area (Å²) in [6.07, 6.45) is 26.4. The number of nitrogens with zero attached hydrogens (tertiary/aromatic N) is 1. The van der Waals surface area contributed by atoms with Crippen molar-refractivity contribution < 1.29 is 38.5 Å². The first-order chi connectivity index (χ1) is 20.2. The molecule has 0 radical (unpaired) electrons. The summed E-state index contributed by atoms with van der Waals surface area (Å²) in [7, 11) is 5.87. The van der Waals surface area contributed by atoms with Crippen LogP contribution >= 0.6 is 0 Å². The maximum Gasteiger partial charge on any atom is 0.305 e. The molecule has 0 amide bonds. The Balaban J connectivity index is 3.53. The molecule has 0 aliphatic heterocycles. The molecule has 0 aliphatic rings. The number of hydrogen-bond donors (Lipinski definition) is 1. The Morgan fingerprint density at radius 1 is 0.714 bits per heavy atom. The average molecular weight is 600 g/mol. The monoisotopic (exact) mass is 599 g/mol. The smallest absolute Gasteiger partial charge is 0.305 e. The van der Waals surface area contributed by atoms with E-state index in [9.17, 15) is 19.8 Å². The van der Waals surface area contributed by atoms with Crippen LogP contribution in [0, 0.1) is 0 Å². The fourth-order valence-electron chi connectivity index (χ4n) is 4.53. The molecule has 0 bridgehead atoms. The number of carbonyl (C=O) groups is 2. The van der Waals surface area contributed by atoms with E-state index in [4.69, 9.17) is 14.2 Å². The molecule has 8 nitrogen and oxygen atoms in total. The fourth-order valence-corrected chi connectivity index (χ4v) is 4.53. The number of likely N-dealkylation sites (N-methyl/N-ethyl adjacent to an activating group) is 1. The maximum atomic E-state index is 11.9. The third-order valence-electron chi connectivity index (χ3n) is 7.24. The summed E-state index contributed by atoms with van der Waals surface area (Å²) in [5.41, 5.74) is 0. The lowest BCUT2D eigenvalue weighted by atomic mass is 10.1. The van der Waals surface area contributed by atoms with Gasteiger partial charge in [0.2, 0.25) is 0 Å². The first-order valence-electron chi connectivity index (χ1n) is 16.9. The number of hydrogen-bond acceptors (Lipinski definition) is 7. The molecular formula is C34H65NO7. The molecule has 0 rings (SSSR count). The number of carboxylic acids is 1. The van der Waals surface area contributed by atoms with Crippen LogP contribution in [0.25, 0.3) is 0 Å². The van der Waals surface area contributed by atoms with Gasteiger partial charge in [0, 0.05) is 6.42 Å². The molecule has 0 aromatic rings. The number of esters is 1. The van der Waals surface area contributed by atoms with Gasteiger partial charge in [-0.2, -0.15) is 0 Å². The normalized spacial score (nSPS) is 13.5. The van der Waals surface area contributed by atoms with Gasteiger partial charge in [-0.1, -0.05) is 109 Å². The van der Waals surface area contributed by atoms with Crippen LogP contribution in [0.15, 0.2) is 12.2 Å². The second-order valence-electron chi connectivity index (χ2n) is 12.7. The zero-order valence-corrected chi connectivity index (χ0v) is 27.6. The van der Waals surface area contributed by atoms with E-state index in [0.717, 1.165) is 19.3 Å². The fraction of sp³-hybridized carbons (Fsp3) is 0.882. The third kappa shape index (κ3) is 30.0. The number of aliphatic carboxylic acids is 1. The number of aliphatic hydroxyl groups excluding tert-OH is 1. The molecule has 0 aromatic heterocycles. The molecule has 0 aromatic carbocycles. The van der Waals surface area contributed by atoms with Crippen LogP contribution in [-0.4, -0.2) is 81.4 Å². The Hall–Kier alpha value is -1.48. The Labute approximate surface area is 257 Å². The third-order valence-corrected chi connectivity index (χ3v) is 7.24. The molecule has 0 saturated carbocycles. The standard InChI is InChI=1S/C34H65NO7/c1-5-6-7-8-9-10-11-12-13-14-15-16-17-18-19-20-21-22-23-24-25-26-32(37)41-29-31(36)30-42-34(33(38)39)40-28-27-35(2,3)4/h14-15,31,34,36H,5-13,16-30H2,1-4H3/b15-14-. The summed E-state index contributed by atoms with van der Waals surface area (Å²) in [4.78, 5) is 23.1. The van der Waals surface area contributed by atoms with Gasteiger partial charge in [-0.25, -0.2) is 0 Å². The molecule has 42 heavy (non-hydrogen) atoms. The van der Waals surface area contributed by atoms with E-state index in [1.54, 1.807) is 0 Å². The van der Waals surface area contributed by atoms with Crippen molar-refractivity contribution in [1.82, 2.24) is 0 Å². The van der Waals surface area contributed by atoms with Crippen LogP contribution in [0.1, 0.15) is 135 Å². The number of carboxylic acid groups (broad SMARTS) is 1. The van der Waals surface area contributed by atoms with E-state index in [1.807, 2.05) is 21.1 Å². The molecule has 0 spiro atoms. The van der Waals surface area contributed by atoms with Crippen LogP contribution in [0.5, 0.6) is 0 Å². The first-order valence-corrected chi connectivity index (χ1v) is 16.9. The summed E-state index contributed by atoms with van der Waals surface area (Å²) < 4.78 is 16.0. The van der Waals surface area contributed by atoms with Crippen LogP contribution in [0.2, 0.25) is 0 Å². The van der Waals surface area contributed by atoms with E-state index in [0.29, 0.717) is 17.4 Å². The van der Waals surface area contributed by atoms with Gasteiger partial charge < -0.3 is 33.7 Å². The molecule has 248 valence electrons. The molecule has 2 atom stereocenters. The highest BCUT2D eigenvalue weighted by Gasteiger charge is 2.17. The quantitative estimate of drug-likeness (QED) is 0.0338. The van der Waals surface area contributed by atoms with Crippen LogP contribution in [0.3, 0.4) is 0 Å². The number of allylic oxidation sites excluding steroid dienone is 2. The lowest BCUT2D eigenvalue weighted by Gasteiger charge is -2.26. The van der Waals surface area contributed by atoms with Crippen molar-refractivity contribution in [2.45, 2.75) is 148 Å². The number of unbranched alkanes of at least 4 members (excludes halogenated alkanes) is 17. The van der Waals surface area contributed by atoms with E-state index < -0.39 is 18.4 Å². The van der Waals surface area contributed by atoms with Crippen molar-refractivity contribution in [3.8, 4) is 0 Å². The highest BCUT2D eigenvalue weighted by molar-refractivity contribution is 5.69. The molecular weight excluding hydrogens is 534 g/mol. The summed E-state index contributed by atoms with van der Waals surface area (Å²) in [6, 6.07) is 0. The van der Waals surface area contributed by atoms with E-state index >= 15 is 0 Å². The molecule has 0 fully saturated rings. The lowest BCUT2D eigenvalue weighted by Crippen LogP contribution is -2.44. The van der Waals surface area contributed by atoms with Gasteiger partial charge in [0.25, 0.3) is 0 Å². The van der Waals surface area contributed by atoms with Gasteiger partial charge in [-0.3, -0.25) is 4.79 Å². The maximum absolute atomic E-state index is 11.9. The molecule has 2 unspecified atom stereocenters. The number of aliphatic hydroxyl groups is 1. The second kappa shape index (κ2) is 28.3. The zero-order chi connectivity index (χ0) is 31.3. The minimum absolute atomic E-state index is 0.171. The van der Waals surface area contributed by atoms with Crippen molar-refractivity contribution >= 4 is 11.9 Å². The minimum Gasteiger partial charge on any atom is -0.545 e. The van der Waals surface area contributed by atoms with Gasteiger partial charge in [0.15, 0.2) is 6.29 Å². The van der Waals surface area contributed by atoms with Crippen molar-refractivity contribution in [2.24, 2.45) is 0 Å². The predicted molar refractivity (Wildman–Crippen MR) is 168 cm³/mol. The Morgan fingerprint density at radius 3 is 1.67 bits per heavy atom. The van der Waals surface area contributed by atoms with Crippen LogP contribution < -0.4 is 5.11 Å². The highest BCUT2D eigenvalue weighted by atomic mass is 16.7. The van der Waals surface area contributed by atoms with Gasteiger partial charge in [0.1, 0.15) is 19.3 Å². The van der Waals surface area contributed by atoms with Gasteiger partial charge in [-0.15, -0.1) is 0 Å². The number of ether oxygens (including phenoxy) is 3. The Morgan fingerprint density at radius 2 is 1.19 bits per heavy atom. The average Bonchev–Trinajstić information content (AvgIpc) is 2.93. The second-order valence-corrected chi connectivity index (χ2v) is 12.7. The Bertz CT molecular complexity index is 663. The van der Waals surface area contributed by atoms with E-state index in [-0.39, 0.29) is 25.8 Å². The van der Waals surface area contributed by atoms with E-state index in [2.05, 4.69) is 19.1 Å². The number of rotatable bonds is 31. The van der Waals surface area contributed by atoms with Crippen LogP contribution in [0.4, 0.5) is 0 Å². The zero-order valence-electron chi connectivity index (χ0n) is 27.6. The largest absolute Gasteiger partial charge is 0.545 e. The first kappa shape index (κ1) is 40.5. The van der Waals surface area contributed by atoms with Gasteiger partial charge in [0.05, 0.1) is 40.3 Å². The summed E-state index contributed by atoms with van der Waals surface area (Å²) in [5.74, 6) is -1.87. The number of carbonyl (C=O) groups excluding carboxylic acids is 2. The predicted octanol–water partition coefficient (Wildman–Crippen LogP) is 6.08. The number of quaternary nitrogens is 1. The minimum atomic E-state index is -1.57. The molecule has 0 saturated heterocycles. The molecule has 0 aliphatic carbocycles. The highest BCUT2D eigenvalue weighted by Crippen LogP contribution is 2.13. The molecule has 1 N–H and O–H groups in total. The summed E-state index contributed by atoms with van der Waals surface area (Å²) in [5, 5.41) is 21.1. The topological polar surface area (TPSA) is 105 Å². The lowest BCUT2D eigenvalue weighted by molar-refractivity contribution is -0.870.